The van der Waals surface area contributed by atoms with E-state index in [1.165, 1.54) is 7.11 Å². The Morgan fingerprint density at radius 3 is 2.33 bits per heavy atom. The first kappa shape index (κ1) is 15.0. The van der Waals surface area contributed by atoms with Crippen LogP contribution < -0.4 is 5.32 Å². The minimum absolute atomic E-state index is 0.116. The van der Waals surface area contributed by atoms with Crippen molar-refractivity contribution in [3.05, 3.63) is 0 Å². The zero-order chi connectivity index (χ0) is 13.8. The standard InChI is InChI=1S/C13H23NO4/c1-13(2,3)18-12(16)10-6-5-9(7-8-14-10)11(15)17-4/h9-10,14H,5-8H2,1-4H3/t9-,10?/m0/s1. The molecule has 1 aliphatic heterocycles. The maximum absolute atomic E-state index is 11.9. The molecule has 0 aromatic rings. The second-order valence-electron chi connectivity index (χ2n) is 5.63. The summed E-state index contributed by atoms with van der Waals surface area (Å²) in [6, 6.07) is -0.320. The number of esters is 2. The van der Waals surface area contributed by atoms with Crippen molar-refractivity contribution in [2.75, 3.05) is 13.7 Å². The molecule has 5 heteroatoms. The number of nitrogens with one attached hydrogen (secondary N) is 1. The molecule has 2 atom stereocenters. The molecule has 0 aromatic carbocycles. The van der Waals surface area contributed by atoms with E-state index in [0.717, 1.165) is 0 Å². The molecule has 5 nitrogen and oxygen atoms in total. The molecule has 1 aliphatic rings. The van der Waals surface area contributed by atoms with Gasteiger partial charge >= 0.3 is 11.9 Å². The Labute approximate surface area is 108 Å². The van der Waals surface area contributed by atoms with Crippen LogP contribution in [0.2, 0.25) is 0 Å². The zero-order valence-electron chi connectivity index (χ0n) is 11.6. The first-order valence-electron chi connectivity index (χ1n) is 6.37. The van der Waals surface area contributed by atoms with Gasteiger partial charge < -0.3 is 14.8 Å². The quantitative estimate of drug-likeness (QED) is 0.754. The number of carbonyl (C=O) groups excluding carboxylic acids is 2. The second kappa shape index (κ2) is 6.18. The van der Waals surface area contributed by atoms with Gasteiger partial charge in [0.15, 0.2) is 0 Å². The first-order valence-corrected chi connectivity index (χ1v) is 6.37. The lowest BCUT2D eigenvalue weighted by molar-refractivity contribution is -0.157. The van der Waals surface area contributed by atoms with Crippen molar-refractivity contribution in [2.45, 2.75) is 51.7 Å². The highest BCUT2D eigenvalue weighted by molar-refractivity contribution is 5.77. The van der Waals surface area contributed by atoms with Crippen molar-refractivity contribution in [3.8, 4) is 0 Å². The van der Waals surface area contributed by atoms with E-state index in [2.05, 4.69) is 5.32 Å². The molecule has 0 bridgehead atoms. The first-order chi connectivity index (χ1) is 8.33. The maximum atomic E-state index is 11.9. The molecular weight excluding hydrogens is 234 g/mol. The SMILES string of the molecule is COC(=O)[C@@H]1CCNC(C(=O)OC(C)(C)C)CC1. The van der Waals surface area contributed by atoms with E-state index in [9.17, 15) is 9.59 Å². The Kier molecular flexibility index (Phi) is 5.14. The fourth-order valence-electron chi connectivity index (χ4n) is 2.02. The van der Waals surface area contributed by atoms with Gasteiger partial charge in [-0.25, -0.2) is 0 Å². The van der Waals surface area contributed by atoms with Gasteiger partial charge in [0.1, 0.15) is 11.6 Å². The van der Waals surface area contributed by atoms with E-state index in [4.69, 9.17) is 9.47 Å². The van der Waals surface area contributed by atoms with E-state index in [0.29, 0.717) is 25.8 Å². The monoisotopic (exact) mass is 257 g/mol. The largest absolute Gasteiger partial charge is 0.469 e. The summed E-state index contributed by atoms with van der Waals surface area (Å²) < 4.78 is 10.1. The van der Waals surface area contributed by atoms with E-state index >= 15 is 0 Å². The van der Waals surface area contributed by atoms with Crippen LogP contribution in [0, 0.1) is 5.92 Å². The van der Waals surface area contributed by atoms with Crippen molar-refractivity contribution in [1.29, 1.82) is 0 Å². The average molecular weight is 257 g/mol. The molecule has 1 N–H and O–H groups in total. The molecule has 1 heterocycles. The number of hydrogen-bond acceptors (Lipinski definition) is 5. The number of rotatable bonds is 2. The van der Waals surface area contributed by atoms with Crippen molar-refractivity contribution >= 4 is 11.9 Å². The van der Waals surface area contributed by atoms with Crippen LogP contribution in [0.5, 0.6) is 0 Å². The zero-order valence-corrected chi connectivity index (χ0v) is 11.6. The van der Waals surface area contributed by atoms with Crippen molar-refractivity contribution in [1.82, 2.24) is 5.32 Å². The molecule has 1 fully saturated rings. The van der Waals surface area contributed by atoms with E-state index < -0.39 is 5.60 Å². The van der Waals surface area contributed by atoms with Crippen molar-refractivity contribution in [2.24, 2.45) is 5.92 Å². The number of hydrogen-bond donors (Lipinski definition) is 1. The summed E-state index contributed by atoms with van der Waals surface area (Å²) in [6.07, 6.45) is 1.96. The van der Waals surface area contributed by atoms with Crippen LogP contribution in [-0.2, 0) is 19.1 Å². The third-order valence-electron chi connectivity index (χ3n) is 2.91. The van der Waals surface area contributed by atoms with Crippen LogP contribution in [0.25, 0.3) is 0 Å². The van der Waals surface area contributed by atoms with Crippen LogP contribution in [0.3, 0.4) is 0 Å². The lowest BCUT2D eigenvalue weighted by atomic mass is 9.99. The van der Waals surface area contributed by atoms with Crippen LogP contribution in [-0.4, -0.2) is 37.2 Å². The Hall–Kier alpha value is -1.10. The molecule has 0 spiro atoms. The maximum Gasteiger partial charge on any atom is 0.323 e. The Morgan fingerprint density at radius 2 is 1.78 bits per heavy atom. The normalized spacial score (nSPS) is 25.1. The highest BCUT2D eigenvalue weighted by atomic mass is 16.6. The van der Waals surface area contributed by atoms with Crippen LogP contribution in [0.1, 0.15) is 40.0 Å². The molecule has 1 unspecified atom stereocenters. The van der Waals surface area contributed by atoms with Crippen LogP contribution in [0.4, 0.5) is 0 Å². The summed E-state index contributed by atoms with van der Waals surface area (Å²) in [7, 11) is 1.39. The third-order valence-corrected chi connectivity index (χ3v) is 2.91. The van der Waals surface area contributed by atoms with Crippen LogP contribution in [0.15, 0.2) is 0 Å². The highest BCUT2D eigenvalue weighted by Gasteiger charge is 2.30. The number of methoxy groups -OCH3 is 1. The minimum atomic E-state index is -0.479. The summed E-state index contributed by atoms with van der Waals surface area (Å²) in [5.74, 6) is -0.551. The minimum Gasteiger partial charge on any atom is -0.469 e. The van der Waals surface area contributed by atoms with Crippen molar-refractivity contribution in [3.63, 3.8) is 0 Å². The molecule has 0 radical (unpaired) electrons. The lowest BCUT2D eigenvalue weighted by Crippen LogP contribution is -2.40. The summed E-state index contributed by atoms with van der Waals surface area (Å²) in [4.78, 5) is 23.4. The molecule has 18 heavy (non-hydrogen) atoms. The van der Waals surface area contributed by atoms with E-state index in [1.807, 2.05) is 20.8 Å². The average Bonchev–Trinajstić information content (AvgIpc) is 2.51. The topological polar surface area (TPSA) is 64.6 Å². The second-order valence-corrected chi connectivity index (χ2v) is 5.63. The summed E-state index contributed by atoms with van der Waals surface area (Å²) in [5, 5.41) is 3.13. The Morgan fingerprint density at radius 1 is 1.11 bits per heavy atom. The van der Waals surface area contributed by atoms with Crippen molar-refractivity contribution < 1.29 is 19.1 Å². The molecule has 0 aliphatic carbocycles. The van der Waals surface area contributed by atoms with Gasteiger partial charge in [-0.1, -0.05) is 0 Å². The van der Waals surface area contributed by atoms with E-state index in [-0.39, 0.29) is 23.9 Å². The molecule has 1 rings (SSSR count). The lowest BCUT2D eigenvalue weighted by Gasteiger charge is -2.23. The fourth-order valence-corrected chi connectivity index (χ4v) is 2.02. The van der Waals surface area contributed by atoms with Crippen LogP contribution >= 0.6 is 0 Å². The highest BCUT2D eigenvalue weighted by Crippen LogP contribution is 2.19. The summed E-state index contributed by atoms with van der Waals surface area (Å²) in [5.41, 5.74) is -0.479. The van der Waals surface area contributed by atoms with Gasteiger partial charge in [-0.05, 0) is 46.6 Å². The predicted molar refractivity (Wildman–Crippen MR) is 67.0 cm³/mol. The van der Waals surface area contributed by atoms with Gasteiger partial charge in [-0.2, -0.15) is 0 Å². The molecule has 0 amide bonds. The summed E-state index contributed by atoms with van der Waals surface area (Å²) >= 11 is 0. The smallest absolute Gasteiger partial charge is 0.323 e. The van der Waals surface area contributed by atoms with Gasteiger partial charge in [0.25, 0.3) is 0 Å². The van der Waals surface area contributed by atoms with E-state index in [1.54, 1.807) is 0 Å². The van der Waals surface area contributed by atoms with Gasteiger partial charge in [-0.3, -0.25) is 9.59 Å². The van der Waals surface area contributed by atoms with Gasteiger partial charge in [0.05, 0.1) is 13.0 Å². The third kappa shape index (κ3) is 4.64. The fraction of sp³-hybridized carbons (Fsp3) is 0.846. The number of ether oxygens (including phenoxy) is 2. The predicted octanol–water partition coefficient (Wildman–Crippen LogP) is 1.26. The molecule has 0 saturated carbocycles. The Bertz CT molecular complexity index is 309. The molecule has 1 saturated heterocycles. The molecule has 104 valence electrons. The van der Waals surface area contributed by atoms with Gasteiger partial charge in [0.2, 0.25) is 0 Å². The van der Waals surface area contributed by atoms with Gasteiger partial charge in [0, 0.05) is 0 Å². The number of carbonyl (C=O) groups is 2. The Balaban J connectivity index is 2.51. The van der Waals surface area contributed by atoms with Gasteiger partial charge in [-0.15, -0.1) is 0 Å². The molecular formula is C13H23NO4. The molecule has 0 aromatic heterocycles. The summed E-state index contributed by atoms with van der Waals surface area (Å²) in [6.45, 7) is 6.17.